The van der Waals surface area contributed by atoms with Crippen molar-refractivity contribution in [3.05, 3.63) is 292 Å². The van der Waals surface area contributed by atoms with Gasteiger partial charge in [0.2, 0.25) is 0 Å². The second kappa shape index (κ2) is 19.3. The van der Waals surface area contributed by atoms with E-state index >= 15 is 0 Å². The molecule has 11 aromatic carbocycles. The summed E-state index contributed by atoms with van der Waals surface area (Å²) >= 11 is 0. The van der Waals surface area contributed by atoms with Crippen LogP contribution in [0.5, 0.6) is 0 Å². The molecule has 16 rings (SSSR count). The van der Waals surface area contributed by atoms with E-state index in [4.69, 9.17) is 9.97 Å². The molecular formula is C74H48N8. The van der Waals surface area contributed by atoms with Gasteiger partial charge < -0.3 is 18.9 Å². The molecule has 82 heavy (non-hydrogen) atoms. The highest BCUT2D eigenvalue weighted by Crippen LogP contribution is 2.44. The fourth-order valence-corrected chi connectivity index (χ4v) is 12.3. The second-order valence-corrected chi connectivity index (χ2v) is 20.7. The van der Waals surface area contributed by atoms with Crippen molar-refractivity contribution in [2.24, 2.45) is 0 Å². The molecule has 8 heteroatoms. The van der Waals surface area contributed by atoms with E-state index in [1.54, 1.807) is 0 Å². The first-order chi connectivity index (χ1) is 40.7. The zero-order valence-electron chi connectivity index (χ0n) is 44.3. The topological polar surface area (TPSA) is 67.9 Å². The summed E-state index contributed by atoms with van der Waals surface area (Å²) in [4.78, 5) is 24.4. The molecule has 384 valence electrons. The van der Waals surface area contributed by atoms with Crippen LogP contribution in [-0.4, -0.2) is 29.1 Å². The summed E-state index contributed by atoms with van der Waals surface area (Å²) in [6.45, 7) is 0. The monoisotopic (exact) mass is 1050 g/mol. The predicted molar refractivity (Wildman–Crippen MR) is 339 cm³/mol. The quantitative estimate of drug-likeness (QED) is 0.136. The van der Waals surface area contributed by atoms with Crippen LogP contribution in [0.2, 0.25) is 0 Å². The summed E-state index contributed by atoms with van der Waals surface area (Å²) in [6, 6.07) is 95.1. The van der Waals surface area contributed by atoms with Crippen molar-refractivity contribution in [1.29, 1.82) is 0 Å². The zero-order chi connectivity index (χ0) is 54.1. The van der Waals surface area contributed by atoms with Gasteiger partial charge in [-0.2, -0.15) is 0 Å². The van der Waals surface area contributed by atoms with Crippen LogP contribution in [0.25, 0.3) is 110 Å². The van der Waals surface area contributed by atoms with Gasteiger partial charge in [-0.05, 0) is 133 Å². The Hall–Kier alpha value is -11.2. The van der Waals surface area contributed by atoms with Gasteiger partial charge in [0.1, 0.15) is 0 Å². The Kier molecular flexibility index (Phi) is 11.0. The van der Waals surface area contributed by atoms with Crippen LogP contribution >= 0.6 is 0 Å². The Morgan fingerprint density at radius 2 is 0.598 bits per heavy atom. The van der Waals surface area contributed by atoms with E-state index < -0.39 is 0 Å². The van der Waals surface area contributed by atoms with Crippen molar-refractivity contribution < 1.29 is 0 Å². The smallest absolute Gasteiger partial charge is 0.0973 e. The Morgan fingerprint density at radius 3 is 0.963 bits per heavy atom. The minimum absolute atomic E-state index is 0.801. The van der Waals surface area contributed by atoms with Gasteiger partial charge in [0.15, 0.2) is 0 Å². The molecule has 0 fully saturated rings. The minimum Gasteiger partial charge on any atom is -0.310 e. The Labute approximate surface area is 472 Å². The van der Waals surface area contributed by atoms with Crippen LogP contribution in [-0.2, 0) is 0 Å². The minimum atomic E-state index is 0.801. The molecule has 0 saturated heterocycles. The van der Waals surface area contributed by atoms with Crippen molar-refractivity contribution in [3.8, 4) is 33.9 Å². The van der Waals surface area contributed by atoms with E-state index in [1.807, 2.05) is 49.1 Å². The molecule has 0 aliphatic carbocycles. The molecule has 8 nitrogen and oxygen atoms in total. The molecular weight excluding hydrogens is 1000 g/mol. The Balaban J connectivity index is 0.786. The van der Waals surface area contributed by atoms with Gasteiger partial charge in [-0.3, -0.25) is 9.97 Å². The van der Waals surface area contributed by atoms with Crippen LogP contribution in [0, 0.1) is 0 Å². The van der Waals surface area contributed by atoms with Crippen molar-refractivity contribution in [2.75, 3.05) is 9.80 Å². The summed E-state index contributed by atoms with van der Waals surface area (Å²) in [5.74, 6) is 0. The lowest BCUT2D eigenvalue weighted by Crippen LogP contribution is -2.11. The second-order valence-electron chi connectivity index (χ2n) is 20.7. The number of hydrogen-bond acceptors (Lipinski definition) is 6. The van der Waals surface area contributed by atoms with Crippen molar-refractivity contribution >= 4 is 110 Å². The molecule has 0 N–H and O–H groups in total. The van der Waals surface area contributed by atoms with Gasteiger partial charge >= 0.3 is 0 Å². The third-order valence-corrected chi connectivity index (χ3v) is 16.1. The number of fused-ring (bicyclic) bond motifs is 9. The molecule has 0 aliphatic rings. The lowest BCUT2D eigenvalue weighted by atomic mass is 10.0. The number of nitrogens with zero attached hydrogens (tertiary/aromatic N) is 8. The van der Waals surface area contributed by atoms with Crippen LogP contribution in [0.1, 0.15) is 0 Å². The SMILES string of the molecule is c1cc(N(c2ccc(-c3nc4ccccc4nc3-c3ccc(N(c4ccc(-n5c6ccccc6c6ccccc65)cc4)c4cccc5cnccc45)cc3)cc2)c2ccc(-n3c4ccccc4c4ccccc43)cc2)c2ccncc2c1. The first-order valence-corrected chi connectivity index (χ1v) is 27.6. The van der Waals surface area contributed by atoms with Crippen molar-refractivity contribution in [2.45, 2.75) is 0 Å². The third kappa shape index (κ3) is 7.76. The van der Waals surface area contributed by atoms with Crippen molar-refractivity contribution in [1.82, 2.24) is 29.1 Å². The number of anilines is 6. The van der Waals surface area contributed by atoms with Crippen molar-refractivity contribution in [3.63, 3.8) is 0 Å². The average Bonchev–Trinajstić information content (AvgIpc) is 4.28. The number of para-hydroxylation sites is 6. The molecule has 0 aliphatic heterocycles. The number of rotatable bonds is 10. The standard InChI is InChI=1S/C74H48N8/c1-7-21-69-61(15-1)62-16-2-8-22-70(62)81(69)57-39-35-55(36-40-57)79(67-25-11-13-51-47-75-45-43-59(51)67)53-31-27-49(28-32-53)73-74(78-66-20-6-5-19-65(66)77-73)50-29-33-54(34-30-50)80(68-26-12-14-52-48-76-46-44-60(52)68)56-37-41-58(42-38-56)82-71-23-9-3-17-63(71)64-18-4-10-24-72(64)82/h1-48H. The molecule has 5 heterocycles. The average molecular weight is 1050 g/mol. The van der Waals surface area contributed by atoms with E-state index in [2.05, 4.69) is 272 Å². The summed E-state index contributed by atoms with van der Waals surface area (Å²) in [5.41, 5.74) is 18.3. The lowest BCUT2D eigenvalue weighted by molar-refractivity contribution is 1.17. The number of pyridine rings is 2. The summed E-state index contributed by atoms with van der Waals surface area (Å²) in [7, 11) is 0. The van der Waals surface area contributed by atoms with Gasteiger partial charge in [-0.25, -0.2) is 9.97 Å². The summed E-state index contributed by atoms with van der Waals surface area (Å²) in [6.07, 6.45) is 7.61. The maximum absolute atomic E-state index is 5.38. The van der Waals surface area contributed by atoms with Crippen LogP contribution in [0.4, 0.5) is 34.1 Å². The number of hydrogen-bond donors (Lipinski definition) is 0. The maximum Gasteiger partial charge on any atom is 0.0973 e. The molecule has 0 spiro atoms. The molecule has 5 aromatic heterocycles. The van der Waals surface area contributed by atoms with Gasteiger partial charge in [-0.1, -0.05) is 133 Å². The molecule has 0 saturated carbocycles. The largest absolute Gasteiger partial charge is 0.310 e. The highest BCUT2D eigenvalue weighted by atomic mass is 15.2. The first-order valence-electron chi connectivity index (χ1n) is 27.6. The van der Waals surface area contributed by atoms with Gasteiger partial charge in [0, 0.05) is 113 Å². The van der Waals surface area contributed by atoms with Gasteiger partial charge in [0.25, 0.3) is 0 Å². The zero-order valence-corrected chi connectivity index (χ0v) is 44.3. The number of benzene rings is 11. The first kappa shape index (κ1) is 46.8. The summed E-state index contributed by atoms with van der Waals surface area (Å²) < 4.78 is 4.72. The molecule has 0 bridgehead atoms. The normalized spacial score (nSPS) is 11.7. The molecule has 0 unspecified atom stereocenters. The third-order valence-electron chi connectivity index (χ3n) is 16.1. The highest BCUT2D eigenvalue weighted by molar-refractivity contribution is 6.10. The van der Waals surface area contributed by atoms with Gasteiger partial charge in [-0.15, -0.1) is 0 Å². The lowest BCUT2D eigenvalue weighted by Gasteiger charge is -2.27. The van der Waals surface area contributed by atoms with E-state index in [0.717, 1.165) is 101 Å². The summed E-state index contributed by atoms with van der Waals surface area (Å²) in [5, 5.41) is 9.28. The van der Waals surface area contributed by atoms with Gasteiger partial charge in [0.05, 0.1) is 55.9 Å². The molecule has 0 amide bonds. The van der Waals surface area contributed by atoms with Crippen LogP contribution in [0.3, 0.4) is 0 Å². The van der Waals surface area contributed by atoms with Crippen LogP contribution in [0.15, 0.2) is 292 Å². The van der Waals surface area contributed by atoms with Crippen LogP contribution < -0.4 is 9.80 Å². The fraction of sp³-hybridized carbons (Fsp3) is 0. The van der Waals surface area contributed by atoms with E-state index in [-0.39, 0.29) is 0 Å². The predicted octanol–water partition coefficient (Wildman–Crippen LogP) is 19.2. The molecule has 0 radical (unpaired) electrons. The van der Waals surface area contributed by atoms with E-state index in [1.165, 1.54) is 43.6 Å². The molecule has 0 atom stereocenters. The highest BCUT2D eigenvalue weighted by Gasteiger charge is 2.22. The number of aromatic nitrogens is 6. The maximum atomic E-state index is 5.38. The Morgan fingerprint density at radius 1 is 0.268 bits per heavy atom. The van der Waals surface area contributed by atoms with E-state index in [9.17, 15) is 0 Å². The fourth-order valence-electron chi connectivity index (χ4n) is 12.3. The van der Waals surface area contributed by atoms with E-state index in [0.29, 0.717) is 0 Å². The molecule has 16 aromatic rings. The Bertz CT molecular complexity index is 4660.